The maximum absolute atomic E-state index is 12.1. The number of hydrogen-bond acceptors (Lipinski definition) is 5. The monoisotopic (exact) mass is 359 g/mol. The number of rotatable bonds is 3. The molecule has 0 atom stereocenters. The molecule has 0 aliphatic carbocycles. The van der Waals surface area contributed by atoms with Gasteiger partial charge in [0.15, 0.2) is 0 Å². The van der Waals surface area contributed by atoms with Gasteiger partial charge in [-0.2, -0.15) is 0 Å². The highest BCUT2D eigenvalue weighted by atomic mass is 16.5. The molecule has 2 amide bonds. The Morgan fingerprint density at radius 2 is 1.74 bits per heavy atom. The van der Waals surface area contributed by atoms with Crippen molar-refractivity contribution in [1.82, 2.24) is 9.97 Å². The van der Waals surface area contributed by atoms with E-state index in [1.165, 1.54) is 12.0 Å². The van der Waals surface area contributed by atoms with Crippen LogP contribution in [-0.4, -0.2) is 23.1 Å². The van der Waals surface area contributed by atoms with Crippen molar-refractivity contribution >= 4 is 23.4 Å². The Hall–Kier alpha value is -4.05. The van der Waals surface area contributed by atoms with Crippen LogP contribution in [0.5, 0.6) is 5.75 Å². The number of carbonyl (C=O) groups is 1. The van der Waals surface area contributed by atoms with Crippen LogP contribution in [0.2, 0.25) is 0 Å². The van der Waals surface area contributed by atoms with Crippen molar-refractivity contribution < 1.29 is 9.53 Å². The molecule has 0 aliphatic heterocycles. The predicted molar refractivity (Wildman–Crippen MR) is 104 cm³/mol. The van der Waals surface area contributed by atoms with E-state index in [0.717, 1.165) is 0 Å². The number of benzene rings is 2. The first kappa shape index (κ1) is 17.8. The van der Waals surface area contributed by atoms with E-state index < -0.39 is 6.03 Å². The predicted octanol–water partition coefficient (Wildman–Crippen LogP) is 2.68. The molecule has 27 heavy (non-hydrogen) atoms. The molecule has 0 bridgehead atoms. The summed E-state index contributed by atoms with van der Waals surface area (Å²) in [5, 5.41) is 0. The third-order valence-electron chi connectivity index (χ3n) is 3.67. The molecule has 3 rings (SSSR count). The van der Waals surface area contributed by atoms with Gasteiger partial charge in [-0.15, -0.1) is 0 Å². The lowest BCUT2D eigenvalue weighted by Crippen LogP contribution is -2.31. The van der Waals surface area contributed by atoms with Crippen molar-refractivity contribution in [2.24, 2.45) is 5.73 Å². The first-order valence-corrected chi connectivity index (χ1v) is 8.00. The molecule has 0 aliphatic rings. The molecule has 2 aromatic carbocycles. The molecule has 0 saturated carbocycles. The van der Waals surface area contributed by atoms with Gasteiger partial charge in [-0.1, -0.05) is 30.0 Å². The second kappa shape index (κ2) is 7.89. The summed E-state index contributed by atoms with van der Waals surface area (Å²) in [5.74, 6) is 6.69. The highest BCUT2D eigenvalue weighted by molar-refractivity contribution is 6.00. The van der Waals surface area contributed by atoms with E-state index in [9.17, 15) is 4.79 Å². The average molecular weight is 359 g/mol. The van der Waals surface area contributed by atoms with Crippen LogP contribution in [0, 0.1) is 11.8 Å². The third-order valence-corrected chi connectivity index (χ3v) is 3.67. The molecule has 1 aromatic heterocycles. The Kier molecular flexibility index (Phi) is 5.19. The van der Waals surface area contributed by atoms with E-state index in [4.69, 9.17) is 16.2 Å². The summed E-state index contributed by atoms with van der Waals surface area (Å²) in [5.41, 5.74) is 13.5. The summed E-state index contributed by atoms with van der Waals surface area (Å²) in [6, 6.07) is 13.7. The van der Waals surface area contributed by atoms with E-state index >= 15 is 0 Å². The van der Waals surface area contributed by atoms with Crippen LogP contribution in [0.3, 0.4) is 0 Å². The Bertz CT molecular complexity index is 1020. The van der Waals surface area contributed by atoms with Gasteiger partial charge in [0, 0.05) is 18.0 Å². The number of para-hydroxylation sites is 2. The quantitative estimate of drug-likeness (QED) is 0.699. The van der Waals surface area contributed by atoms with Gasteiger partial charge >= 0.3 is 6.03 Å². The molecular formula is C20H17N5O2. The van der Waals surface area contributed by atoms with Crippen LogP contribution in [-0.2, 0) is 0 Å². The summed E-state index contributed by atoms with van der Waals surface area (Å²) in [4.78, 5) is 21.3. The van der Waals surface area contributed by atoms with Gasteiger partial charge in [0.05, 0.1) is 24.0 Å². The van der Waals surface area contributed by atoms with E-state index in [0.29, 0.717) is 28.3 Å². The Balaban J connectivity index is 1.98. The average Bonchev–Trinajstić information content (AvgIpc) is 2.68. The summed E-state index contributed by atoms with van der Waals surface area (Å²) in [6.45, 7) is 0. The number of amides is 2. The second-order valence-electron chi connectivity index (χ2n) is 5.48. The molecule has 0 spiro atoms. The molecular weight excluding hydrogens is 342 g/mol. The van der Waals surface area contributed by atoms with Gasteiger partial charge in [0.2, 0.25) is 5.95 Å². The Labute approximate surface area is 156 Å². The first-order valence-electron chi connectivity index (χ1n) is 8.00. The number of urea groups is 1. The molecule has 0 fully saturated rings. The number of nitrogens with two attached hydrogens (primary N) is 2. The molecule has 7 nitrogen and oxygen atoms in total. The molecule has 134 valence electrons. The van der Waals surface area contributed by atoms with Gasteiger partial charge in [-0.25, -0.2) is 14.8 Å². The Morgan fingerprint density at radius 1 is 1.04 bits per heavy atom. The normalized spacial score (nSPS) is 9.81. The zero-order valence-electron chi connectivity index (χ0n) is 14.6. The third kappa shape index (κ3) is 4.14. The summed E-state index contributed by atoms with van der Waals surface area (Å²) in [7, 11) is 1.54. The van der Waals surface area contributed by atoms with E-state index in [-0.39, 0.29) is 5.95 Å². The van der Waals surface area contributed by atoms with Crippen LogP contribution in [0.25, 0.3) is 0 Å². The van der Waals surface area contributed by atoms with Crippen molar-refractivity contribution in [3.8, 4) is 17.6 Å². The topological polar surface area (TPSA) is 107 Å². The number of methoxy groups -OCH3 is 1. The molecule has 4 N–H and O–H groups in total. The smallest absolute Gasteiger partial charge is 0.324 e. The fourth-order valence-corrected chi connectivity index (χ4v) is 2.47. The highest BCUT2D eigenvalue weighted by Gasteiger charge is 2.18. The largest absolute Gasteiger partial charge is 0.495 e. The van der Waals surface area contributed by atoms with Crippen LogP contribution in [0.1, 0.15) is 11.1 Å². The summed E-state index contributed by atoms with van der Waals surface area (Å²) >= 11 is 0. The van der Waals surface area contributed by atoms with Crippen LogP contribution < -0.4 is 21.1 Å². The fourth-order valence-electron chi connectivity index (χ4n) is 2.47. The summed E-state index contributed by atoms with van der Waals surface area (Å²) in [6.07, 6.45) is 3.09. The molecule has 0 unspecified atom stereocenters. The minimum Gasteiger partial charge on any atom is -0.495 e. The standard InChI is InChI=1S/C20H17N5O2/c1-27-18-8-3-2-7-17(18)25(20(22)26)16-6-4-5-14(11-16)9-10-15-12-23-19(21)24-13-15/h2-8,11-13H,1H3,(H2,22,26)(H2,21,23,24). The highest BCUT2D eigenvalue weighted by Crippen LogP contribution is 2.33. The van der Waals surface area contributed by atoms with Crippen molar-refractivity contribution in [3.63, 3.8) is 0 Å². The van der Waals surface area contributed by atoms with Gasteiger partial charge < -0.3 is 16.2 Å². The van der Waals surface area contributed by atoms with Crippen molar-refractivity contribution in [2.45, 2.75) is 0 Å². The lowest BCUT2D eigenvalue weighted by Gasteiger charge is -2.22. The summed E-state index contributed by atoms with van der Waals surface area (Å²) < 4.78 is 5.34. The fraction of sp³-hybridized carbons (Fsp3) is 0.0500. The number of anilines is 3. The maximum atomic E-state index is 12.1. The maximum Gasteiger partial charge on any atom is 0.324 e. The van der Waals surface area contributed by atoms with Gasteiger partial charge in [0.25, 0.3) is 0 Å². The van der Waals surface area contributed by atoms with E-state index in [2.05, 4.69) is 21.8 Å². The number of ether oxygens (including phenoxy) is 1. The van der Waals surface area contributed by atoms with Crippen molar-refractivity contribution in [3.05, 3.63) is 72.1 Å². The molecule has 0 saturated heterocycles. The number of nitrogens with zero attached hydrogens (tertiary/aromatic N) is 3. The van der Waals surface area contributed by atoms with Gasteiger partial charge in [-0.05, 0) is 30.3 Å². The second-order valence-corrected chi connectivity index (χ2v) is 5.48. The van der Waals surface area contributed by atoms with Crippen LogP contribution in [0.15, 0.2) is 60.9 Å². The SMILES string of the molecule is COc1ccccc1N(C(N)=O)c1cccc(C#Cc2cnc(N)nc2)c1. The number of aromatic nitrogens is 2. The zero-order valence-corrected chi connectivity index (χ0v) is 14.6. The van der Waals surface area contributed by atoms with Gasteiger partial charge in [0.1, 0.15) is 5.75 Å². The van der Waals surface area contributed by atoms with Crippen molar-refractivity contribution in [1.29, 1.82) is 0 Å². The first-order chi connectivity index (χ1) is 13.1. The number of carbonyl (C=O) groups excluding carboxylic acids is 1. The van der Waals surface area contributed by atoms with Crippen molar-refractivity contribution in [2.75, 3.05) is 17.7 Å². The molecule has 0 radical (unpaired) electrons. The molecule has 3 aromatic rings. The minimum absolute atomic E-state index is 0.191. The van der Waals surface area contributed by atoms with Crippen LogP contribution >= 0.6 is 0 Å². The molecule has 1 heterocycles. The minimum atomic E-state index is -0.628. The lowest BCUT2D eigenvalue weighted by atomic mass is 10.1. The van der Waals surface area contributed by atoms with Gasteiger partial charge in [-0.3, -0.25) is 4.90 Å². The molecule has 7 heteroatoms. The number of primary amides is 1. The van der Waals surface area contributed by atoms with E-state index in [1.54, 1.807) is 48.8 Å². The van der Waals surface area contributed by atoms with Crippen LogP contribution in [0.4, 0.5) is 22.1 Å². The number of hydrogen-bond donors (Lipinski definition) is 2. The number of nitrogen functional groups attached to an aromatic ring is 1. The van der Waals surface area contributed by atoms with E-state index in [1.807, 2.05) is 12.1 Å². The zero-order chi connectivity index (χ0) is 19.2. The Morgan fingerprint density at radius 3 is 2.44 bits per heavy atom. The lowest BCUT2D eigenvalue weighted by molar-refractivity contribution is 0.256.